The summed E-state index contributed by atoms with van der Waals surface area (Å²) in [7, 11) is 0. The zero-order valence-electron chi connectivity index (χ0n) is 20.0. The molecular weight excluding hydrogens is 492 g/mol. The van der Waals surface area contributed by atoms with E-state index in [4.69, 9.17) is 4.63 Å². The molecule has 2 aromatic carbocycles. The number of carbonyl (C=O) groups excluding carboxylic acids is 2. The molecule has 1 aliphatic carbocycles. The Balaban J connectivity index is 1.23. The lowest BCUT2D eigenvalue weighted by molar-refractivity contribution is 0.0695. The van der Waals surface area contributed by atoms with Gasteiger partial charge in [0.05, 0.1) is 11.6 Å². The summed E-state index contributed by atoms with van der Waals surface area (Å²) in [4.78, 5) is 46.1. The lowest BCUT2D eigenvalue weighted by Crippen LogP contribution is -2.30. The summed E-state index contributed by atoms with van der Waals surface area (Å²) in [6.45, 7) is 1.97. The van der Waals surface area contributed by atoms with Gasteiger partial charge >= 0.3 is 5.97 Å². The number of amides is 2. The van der Waals surface area contributed by atoms with E-state index in [0.29, 0.717) is 29.4 Å². The van der Waals surface area contributed by atoms with Crippen LogP contribution in [0.4, 0.5) is 0 Å². The molecule has 0 radical (unpaired) electrons. The molecule has 0 saturated heterocycles. The molecule has 0 saturated carbocycles. The van der Waals surface area contributed by atoms with E-state index in [0.717, 1.165) is 16.7 Å². The van der Waals surface area contributed by atoms with E-state index >= 15 is 0 Å². The van der Waals surface area contributed by atoms with E-state index in [-0.39, 0.29) is 35.3 Å². The van der Waals surface area contributed by atoms with Gasteiger partial charge in [0.15, 0.2) is 0 Å². The highest BCUT2D eigenvalue weighted by Gasteiger charge is 2.29. The van der Waals surface area contributed by atoms with Gasteiger partial charge in [0.1, 0.15) is 28.7 Å². The molecule has 1 atom stereocenters. The molecule has 1 aliphatic rings. The van der Waals surface area contributed by atoms with Gasteiger partial charge in [-0.1, -0.05) is 12.1 Å². The minimum atomic E-state index is -0.982. The third kappa shape index (κ3) is 3.99. The van der Waals surface area contributed by atoms with Crippen LogP contribution in [0, 0.1) is 6.92 Å². The number of nitrogens with one attached hydrogen (secondary N) is 2. The number of benzene rings is 2. The number of aromatic carboxylic acids is 1. The average molecular weight is 512 g/mol. The third-order valence-corrected chi connectivity index (χ3v) is 6.72. The van der Waals surface area contributed by atoms with Crippen molar-refractivity contribution in [2.75, 3.05) is 0 Å². The van der Waals surface area contributed by atoms with E-state index in [1.807, 2.05) is 0 Å². The Morgan fingerprint density at radius 1 is 1.11 bits per heavy atom. The molecule has 6 rings (SSSR count). The predicted molar refractivity (Wildman–Crippen MR) is 130 cm³/mol. The molecule has 2 amide bonds. The first-order valence-corrected chi connectivity index (χ1v) is 11.8. The average Bonchev–Trinajstić information content (AvgIpc) is 3.66. The van der Waals surface area contributed by atoms with E-state index in [1.54, 1.807) is 37.3 Å². The van der Waals surface area contributed by atoms with Crippen LogP contribution in [0.1, 0.15) is 66.1 Å². The van der Waals surface area contributed by atoms with Gasteiger partial charge in [-0.2, -0.15) is 14.6 Å². The number of fused-ring (bicyclic) bond motifs is 3. The Kier molecular flexibility index (Phi) is 5.52. The number of rotatable bonds is 6. The third-order valence-electron chi connectivity index (χ3n) is 6.72. The molecule has 3 aromatic heterocycles. The molecule has 0 fully saturated rings. The Morgan fingerprint density at radius 2 is 1.95 bits per heavy atom. The van der Waals surface area contributed by atoms with Gasteiger partial charge in [-0.15, -0.1) is 0 Å². The Morgan fingerprint density at radius 3 is 2.79 bits per heavy atom. The fourth-order valence-electron chi connectivity index (χ4n) is 4.79. The number of carbonyl (C=O) groups is 3. The summed E-state index contributed by atoms with van der Waals surface area (Å²) in [5.74, 6) is -1.83. The summed E-state index contributed by atoms with van der Waals surface area (Å²) in [6.07, 6.45) is 2.52. The number of carboxylic acids is 1. The number of hydrogen-bond acceptors (Lipinski definition) is 9. The largest absolute Gasteiger partial charge is 0.478 e. The van der Waals surface area contributed by atoms with Crippen LogP contribution in [0.25, 0.3) is 16.8 Å². The Labute approximate surface area is 213 Å². The monoisotopic (exact) mass is 512 g/mol. The first-order chi connectivity index (χ1) is 18.4. The van der Waals surface area contributed by atoms with Crippen molar-refractivity contribution in [3.63, 3.8) is 0 Å². The van der Waals surface area contributed by atoms with Crippen LogP contribution in [-0.4, -0.2) is 52.8 Å². The zero-order chi connectivity index (χ0) is 26.4. The molecule has 3 heterocycles. The first kappa shape index (κ1) is 23.2. The van der Waals surface area contributed by atoms with Gasteiger partial charge in [0.2, 0.25) is 0 Å². The fourth-order valence-corrected chi connectivity index (χ4v) is 4.79. The fraction of sp³-hybridized carbons (Fsp3) is 0.200. The maximum Gasteiger partial charge on any atom is 0.335 e. The van der Waals surface area contributed by atoms with Crippen LogP contribution in [0.5, 0.6) is 0 Å². The van der Waals surface area contributed by atoms with Gasteiger partial charge in [-0.3, -0.25) is 9.59 Å². The molecule has 0 spiro atoms. The van der Waals surface area contributed by atoms with Crippen LogP contribution < -0.4 is 10.6 Å². The van der Waals surface area contributed by atoms with Crippen molar-refractivity contribution < 1.29 is 24.1 Å². The summed E-state index contributed by atoms with van der Waals surface area (Å²) < 4.78 is 5.97. The second kappa shape index (κ2) is 9.03. The van der Waals surface area contributed by atoms with E-state index in [1.165, 1.54) is 16.9 Å². The number of aromatic nitrogens is 6. The van der Waals surface area contributed by atoms with Gasteiger partial charge in [0, 0.05) is 12.6 Å². The van der Waals surface area contributed by atoms with Crippen LogP contribution in [0.2, 0.25) is 0 Å². The summed E-state index contributed by atoms with van der Waals surface area (Å²) in [5, 5.41) is 26.8. The van der Waals surface area contributed by atoms with Crippen molar-refractivity contribution >= 4 is 34.6 Å². The van der Waals surface area contributed by atoms with E-state index in [9.17, 15) is 19.5 Å². The number of hydrogen-bond donors (Lipinski definition) is 3. The molecule has 0 aliphatic heterocycles. The number of carboxylic acid groups (broad SMARTS) is 1. The highest BCUT2D eigenvalue weighted by atomic mass is 16.6. The minimum Gasteiger partial charge on any atom is -0.478 e. The zero-order valence-corrected chi connectivity index (χ0v) is 20.0. The molecular formula is C25H20N8O5. The smallest absolute Gasteiger partial charge is 0.335 e. The van der Waals surface area contributed by atoms with Gasteiger partial charge in [-0.25, -0.2) is 14.4 Å². The minimum absolute atomic E-state index is 0.00796. The van der Waals surface area contributed by atoms with Gasteiger partial charge < -0.3 is 15.7 Å². The summed E-state index contributed by atoms with van der Waals surface area (Å²) >= 11 is 0. The van der Waals surface area contributed by atoms with Crippen LogP contribution >= 0.6 is 0 Å². The molecule has 13 nitrogen and oxygen atoms in total. The maximum absolute atomic E-state index is 13.4. The van der Waals surface area contributed by atoms with Crippen molar-refractivity contribution in [1.82, 2.24) is 40.5 Å². The van der Waals surface area contributed by atoms with Crippen LogP contribution in [-0.2, 0) is 13.0 Å². The second-order valence-corrected chi connectivity index (χ2v) is 8.94. The SMILES string of the molecule is Cc1c(C(=O)O)ccc2c1CC[C@@H]2NC(=O)c1cc(C(=O)NCc2ccc3nonc3c2)nc2ncnn12. The van der Waals surface area contributed by atoms with Crippen molar-refractivity contribution in [3.05, 3.63) is 81.9 Å². The highest BCUT2D eigenvalue weighted by molar-refractivity contribution is 5.98. The predicted octanol–water partition coefficient (Wildman–Crippen LogP) is 2.01. The van der Waals surface area contributed by atoms with E-state index in [2.05, 4.69) is 36.0 Å². The van der Waals surface area contributed by atoms with Crippen molar-refractivity contribution in [2.45, 2.75) is 32.4 Å². The second-order valence-electron chi connectivity index (χ2n) is 8.94. The Bertz CT molecular complexity index is 1760. The molecule has 5 aromatic rings. The maximum atomic E-state index is 13.4. The molecule has 13 heteroatoms. The first-order valence-electron chi connectivity index (χ1n) is 11.8. The Hall–Kier alpha value is -5.20. The summed E-state index contributed by atoms with van der Waals surface area (Å²) in [5.41, 5.74) is 4.82. The lowest BCUT2D eigenvalue weighted by atomic mass is 9.98. The molecule has 0 bridgehead atoms. The molecule has 3 N–H and O–H groups in total. The normalized spacial score (nSPS) is 14.5. The van der Waals surface area contributed by atoms with Crippen molar-refractivity contribution in [2.24, 2.45) is 0 Å². The molecule has 38 heavy (non-hydrogen) atoms. The van der Waals surface area contributed by atoms with Gasteiger partial charge in [-0.05, 0) is 70.5 Å². The van der Waals surface area contributed by atoms with Crippen molar-refractivity contribution in [1.29, 1.82) is 0 Å². The van der Waals surface area contributed by atoms with Gasteiger partial charge in [0.25, 0.3) is 17.6 Å². The van der Waals surface area contributed by atoms with Crippen LogP contribution in [0.3, 0.4) is 0 Å². The molecule has 190 valence electrons. The lowest BCUT2D eigenvalue weighted by Gasteiger charge is -2.16. The topological polar surface area (TPSA) is 177 Å². The van der Waals surface area contributed by atoms with E-state index < -0.39 is 17.8 Å². The summed E-state index contributed by atoms with van der Waals surface area (Å²) in [6, 6.07) is 9.63. The number of nitrogens with zero attached hydrogens (tertiary/aromatic N) is 6. The van der Waals surface area contributed by atoms with Crippen LogP contribution in [0.15, 0.2) is 47.4 Å². The standard InChI is InChI=1S/C25H20N8O5/c1-12-14-5-7-17(16(14)4-3-15(12)24(36)37)29-23(35)21-9-20(30-25-27-11-28-33(21)25)22(34)26-10-13-2-6-18-19(8-13)32-38-31-18/h2-4,6,8-9,11,17H,5,7,10H2,1H3,(H,26,34)(H,29,35)(H,36,37)/t17-/m0/s1. The van der Waals surface area contributed by atoms with Crippen molar-refractivity contribution in [3.8, 4) is 0 Å². The molecule has 0 unspecified atom stereocenters. The highest BCUT2D eigenvalue weighted by Crippen LogP contribution is 2.35. The quantitative estimate of drug-likeness (QED) is 0.305.